The van der Waals surface area contributed by atoms with Gasteiger partial charge in [-0.3, -0.25) is 4.98 Å². The van der Waals surface area contributed by atoms with E-state index in [9.17, 15) is 0 Å². The van der Waals surface area contributed by atoms with Crippen molar-refractivity contribution in [2.24, 2.45) is 0 Å². The number of nitrogens with one attached hydrogen (secondary N) is 1. The van der Waals surface area contributed by atoms with Crippen LogP contribution in [0.3, 0.4) is 0 Å². The predicted molar refractivity (Wildman–Crippen MR) is 47.2 cm³/mol. The van der Waals surface area contributed by atoms with Crippen molar-refractivity contribution in [3.63, 3.8) is 0 Å². The van der Waals surface area contributed by atoms with Gasteiger partial charge in [-0.05, 0) is 0 Å². The third kappa shape index (κ3) is 2.28. The molecule has 52 valence electrons. The number of thiol groups is 1. The summed E-state index contributed by atoms with van der Waals surface area (Å²) in [5, 5.41) is 2.73. The zero-order valence-electron chi connectivity index (χ0n) is 4.98. The third-order valence-corrected chi connectivity index (χ3v) is 1.01. The maximum atomic E-state index is 4.66. The average Bonchev–Trinajstić information content (AvgIpc) is 1.88. The Labute approximate surface area is 69.3 Å². The van der Waals surface area contributed by atoms with Crippen LogP contribution in [0.5, 0.6) is 0 Å². The van der Waals surface area contributed by atoms with E-state index in [1.165, 1.54) is 0 Å². The molecule has 0 saturated heterocycles. The molecule has 0 unspecified atom stereocenters. The summed E-state index contributed by atoms with van der Waals surface area (Å²) in [5.41, 5.74) is 0. The van der Waals surface area contributed by atoms with Gasteiger partial charge >= 0.3 is 0 Å². The minimum Gasteiger partial charge on any atom is -0.325 e. The highest BCUT2D eigenvalue weighted by Crippen LogP contribution is 1.98. The number of rotatable bonds is 1. The Hall–Kier alpha value is -0.680. The van der Waals surface area contributed by atoms with Crippen LogP contribution in [-0.2, 0) is 0 Å². The highest BCUT2D eigenvalue weighted by Gasteiger charge is 1.90. The fourth-order valence-electron chi connectivity index (χ4n) is 0.473. The summed E-state index contributed by atoms with van der Waals surface area (Å²) in [5.74, 6) is 0.613. The van der Waals surface area contributed by atoms with Crippen molar-refractivity contribution < 1.29 is 0 Å². The van der Waals surface area contributed by atoms with E-state index in [0.717, 1.165) is 0 Å². The van der Waals surface area contributed by atoms with Crippen molar-refractivity contribution in [2.45, 2.75) is 0 Å². The van der Waals surface area contributed by atoms with Crippen molar-refractivity contribution in [1.29, 1.82) is 0 Å². The molecule has 0 spiro atoms. The molecule has 10 heavy (non-hydrogen) atoms. The van der Waals surface area contributed by atoms with Gasteiger partial charge in [0.25, 0.3) is 0 Å². The fourth-order valence-corrected chi connectivity index (χ4v) is 0.692. The monoisotopic (exact) mass is 171 g/mol. The molecule has 0 atom stereocenters. The van der Waals surface area contributed by atoms with Gasteiger partial charge in [0.05, 0.1) is 6.20 Å². The summed E-state index contributed by atoms with van der Waals surface area (Å²) < 4.78 is 0.389. The van der Waals surface area contributed by atoms with Crippen molar-refractivity contribution >= 4 is 35.0 Å². The zero-order valence-corrected chi connectivity index (χ0v) is 6.69. The number of thiocarbonyl (C=S) groups is 1. The molecule has 1 aromatic heterocycles. The fraction of sp³-hybridized carbons (Fsp3) is 0. The maximum absolute atomic E-state index is 4.66. The smallest absolute Gasteiger partial charge is 0.149 e. The lowest BCUT2D eigenvalue weighted by molar-refractivity contribution is 1.21. The molecule has 0 fully saturated rings. The molecule has 0 aliphatic carbocycles. The molecule has 0 aliphatic rings. The van der Waals surface area contributed by atoms with E-state index in [4.69, 9.17) is 0 Å². The number of aromatic nitrogens is 2. The molecule has 0 aliphatic heterocycles. The maximum Gasteiger partial charge on any atom is 0.149 e. The van der Waals surface area contributed by atoms with E-state index in [2.05, 4.69) is 40.1 Å². The molecular formula is C5H5N3S2. The lowest BCUT2D eigenvalue weighted by atomic mass is 10.7. The standard InChI is InChI=1S/C5H5N3S2/c9-5(10)8-4-3-6-1-2-7-4/h1-3H,(H2,7,8,9,10). The van der Waals surface area contributed by atoms with Gasteiger partial charge in [-0.2, -0.15) is 0 Å². The van der Waals surface area contributed by atoms with Gasteiger partial charge in [-0.1, -0.05) is 12.2 Å². The summed E-state index contributed by atoms with van der Waals surface area (Å²) >= 11 is 8.52. The molecule has 1 N–H and O–H groups in total. The summed E-state index contributed by atoms with van der Waals surface area (Å²) in [7, 11) is 0. The molecule has 0 radical (unpaired) electrons. The highest BCUT2D eigenvalue weighted by atomic mass is 32.1. The van der Waals surface area contributed by atoms with Crippen molar-refractivity contribution in [3.8, 4) is 0 Å². The minimum absolute atomic E-state index is 0.389. The quantitative estimate of drug-likeness (QED) is 0.490. The van der Waals surface area contributed by atoms with Crippen LogP contribution < -0.4 is 5.32 Å². The molecule has 0 saturated carbocycles. The highest BCUT2D eigenvalue weighted by molar-refractivity contribution is 8.11. The minimum atomic E-state index is 0.389. The summed E-state index contributed by atoms with van der Waals surface area (Å²) in [6.45, 7) is 0. The van der Waals surface area contributed by atoms with Gasteiger partial charge < -0.3 is 5.32 Å². The lowest BCUT2D eigenvalue weighted by Crippen LogP contribution is -2.02. The topological polar surface area (TPSA) is 37.8 Å². The van der Waals surface area contributed by atoms with Crippen LogP contribution >= 0.6 is 24.8 Å². The zero-order chi connectivity index (χ0) is 7.40. The molecule has 1 rings (SSSR count). The Kier molecular flexibility index (Phi) is 2.58. The largest absolute Gasteiger partial charge is 0.325 e. The molecular weight excluding hydrogens is 166 g/mol. The third-order valence-electron chi connectivity index (χ3n) is 0.798. The Morgan fingerprint density at radius 3 is 2.90 bits per heavy atom. The predicted octanol–water partition coefficient (Wildman–Crippen LogP) is 1.10. The van der Waals surface area contributed by atoms with Gasteiger partial charge in [0.1, 0.15) is 10.1 Å². The lowest BCUT2D eigenvalue weighted by Gasteiger charge is -1.97. The summed E-state index contributed by atoms with van der Waals surface area (Å²) in [4.78, 5) is 7.73. The Balaban J connectivity index is 2.67. The second kappa shape index (κ2) is 3.48. The van der Waals surface area contributed by atoms with Crippen molar-refractivity contribution in [2.75, 3.05) is 5.32 Å². The van der Waals surface area contributed by atoms with Crippen molar-refractivity contribution in [3.05, 3.63) is 18.6 Å². The first-order chi connectivity index (χ1) is 4.79. The number of hydrogen-bond acceptors (Lipinski definition) is 3. The SMILES string of the molecule is S=C(S)Nc1cnccn1. The molecule has 1 aromatic rings. The number of anilines is 1. The Morgan fingerprint density at radius 2 is 2.40 bits per heavy atom. The molecule has 3 nitrogen and oxygen atoms in total. The van der Waals surface area contributed by atoms with Crippen LogP contribution in [-0.4, -0.2) is 14.3 Å². The van der Waals surface area contributed by atoms with Gasteiger partial charge in [0.15, 0.2) is 0 Å². The van der Waals surface area contributed by atoms with Crippen LogP contribution in [0, 0.1) is 0 Å². The molecule has 0 bridgehead atoms. The van der Waals surface area contributed by atoms with E-state index in [0.29, 0.717) is 10.1 Å². The normalized spacial score (nSPS) is 8.90. The van der Waals surface area contributed by atoms with Crippen LogP contribution in [0.2, 0.25) is 0 Å². The van der Waals surface area contributed by atoms with Crippen molar-refractivity contribution in [1.82, 2.24) is 9.97 Å². The van der Waals surface area contributed by atoms with Gasteiger partial charge in [0.2, 0.25) is 0 Å². The van der Waals surface area contributed by atoms with Gasteiger partial charge in [0, 0.05) is 12.4 Å². The van der Waals surface area contributed by atoms with E-state index in [-0.39, 0.29) is 0 Å². The van der Waals surface area contributed by atoms with Crippen LogP contribution in [0.15, 0.2) is 18.6 Å². The number of nitrogens with zero attached hydrogens (tertiary/aromatic N) is 2. The van der Waals surface area contributed by atoms with Crippen LogP contribution in [0.1, 0.15) is 0 Å². The van der Waals surface area contributed by atoms with E-state index in [1.54, 1.807) is 18.6 Å². The number of hydrogen-bond donors (Lipinski definition) is 2. The molecule has 5 heteroatoms. The molecule has 1 heterocycles. The average molecular weight is 171 g/mol. The van der Waals surface area contributed by atoms with E-state index in [1.807, 2.05) is 0 Å². The van der Waals surface area contributed by atoms with E-state index >= 15 is 0 Å². The van der Waals surface area contributed by atoms with Crippen LogP contribution in [0.25, 0.3) is 0 Å². The van der Waals surface area contributed by atoms with Crippen LogP contribution in [0.4, 0.5) is 5.82 Å². The Morgan fingerprint density at radius 1 is 1.60 bits per heavy atom. The van der Waals surface area contributed by atoms with Gasteiger partial charge in [-0.15, -0.1) is 12.6 Å². The second-order valence-electron chi connectivity index (χ2n) is 1.52. The Bertz CT molecular complexity index is 224. The summed E-state index contributed by atoms with van der Waals surface area (Å²) in [6.07, 6.45) is 4.74. The first-order valence-corrected chi connectivity index (χ1v) is 3.40. The first kappa shape index (κ1) is 7.43. The first-order valence-electron chi connectivity index (χ1n) is 2.55. The molecule has 0 amide bonds. The van der Waals surface area contributed by atoms with E-state index < -0.39 is 0 Å². The van der Waals surface area contributed by atoms with Gasteiger partial charge in [-0.25, -0.2) is 4.98 Å². The molecule has 0 aromatic carbocycles. The second-order valence-corrected chi connectivity index (χ2v) is 2.68. The summed E-state index contributed by atoms with van der Waals surface area (Å²) in [6, 6.07) is 0.